The summed E-state index contributed by atoms with van der Waals surface area (Å²) in [5.41, 5.74) is 3.61. The van der Waals surface area contributed by atoms with E-state index in [0.29, 0.717) is 6.42 Å². The summed E-state index contributed by atoms with van der Waals surface area (Å²) in [5.74, 6) is 1.58. The highest BCUT2D eigenvalue weighted by Crippen LogP contribution is 2.21. The number of carbonyl (C=O) groups is 1. The van der Waals surface area contributed by atoms with Gasteiger partial charge in [0.05, 0.1) is 25.4 Å². The van der Waals surface area contributed by atoms with Crippen molar-refractivity contribution in [3.8, 4) is 17.0 Å². The Kier molecular flexibility index (Phi) is 4.61. The summed E-state index contributed by atoms with van der Waals surface area (Å²) >= 11 is 0. The molecular weight excluding hydrogens is 302 g/mol. The van der Waals surface area contributed by atoms with Crippen LogP contribution in [-0.2, 0) is 11.2 Å². The molecule has 0 saturated carbocycles. The van der Waals surface area contributed by atoms with E-state index >= 15 is 0 Å². The van der Waals surface area contributed by atoms with E-state index in [1.807, 2.05) is 55.5 Å². The fourth-order valence-electron chi connectivity index (χ4n) is 2.47. The number of aryl methyl sites for hydroxylation is 1. The van der Waals surface area contributed by atoms with Crippen LogP contribution in [0.25, 0.3) is 11.3 Å². The number of imidazole rings is 1. The molecule has 0 saturated heterocycles. The minimum Gasteiger partial charge on any atom is -0.497 e. The number of amides is 1. The fraction of sp³-hybridized carbons (Fsp3) is 0.158. The highest BCUT2D eigenvalue weighted by molar-refractivity contribution is 5.92. The number of H-pyrrole nitrogens is 1. The molecule has 1 aromatic heterocycles. The smallest absolute Gasteiger partial charge is 0.228 e. The summed E-state index contributed by atoms with van der Waals surface area (Å²) in [7, 11) is 1.62. The summed E-state index contributed by atoms with van der Waals surface area (Å²) in [5, 5.41) is 2.93. The molecule has 3 aromatic rings. The van der Waals surface area contributed by atoms with E-state index < -0.39 is 0 Å². The molecule has 2 aromatic carbocycles. The van der Waals surface area contributed by atoms with Crippen molar-refractivity contribution in [1.82, 2.24) is 9.97 Å². The Balaban J connectivity index is 1.67. The van der Waals surface area contributed by atoms with Gasteiger partial charge in [0, 0.05) is 11.3 Å². The van der Waals surface area contributed by atoms with Crippen molar-refractivity contribution < 1.29 is 9.53 Å². The van der Waals surface area contributed by atoms with Crippen molar-refractivity contribution in [3.63, 3.8) is 0 Å². The van der Waals surface area contributed by atoms with Crippen LogP contribution in [0.15, 0.2) is 54.7 Å². The standard InChI is InChI=1S/C19H19N3O2/c1-13-20-12-18(21-13)15-4-3-5-16(11-15)22-19(23)10-14-6-8-17(24-2)9-7-14/h3-9,11-12H,10H2,1-2H3,(H,20,21)(H,22,23). The van der Waals surface area contributed by atoms with Crippen LogP contribution in [0.4, 0.5) is 5.69 Å². The van der Waals surface area contributed by atoms with Gasteiger partial charge in [0.15, 0.2) is 0 Å². The SMILES string of the molecule is COc1ccc(CC(=O)Nc2cccc(-c3cnc(C)[nH]3)c2)cc1. The van der Waals surface area contributed by atoms with E-state index in [4.69, 9.17) is 4.74 Å². The Hall–Kier alpha value is -3.08. The second-order valence-electron chi connectivity index (χ2n) is 5.54. The number of anilines is 1. The second kappa shape index (κ2) is 7.00. The third kappa shape index (κ3) is 3.81. The molecule has 122 valence electrons. The molecule has 5 heteroatoms. The van der Waals surface area contributed by atoms with Gasteiger partial charge in [0.2, 0.25) is 5.91 Å². The second-order valence-corrected chi connectivity index (χ2v) is 5.54. The average Bonchev–Trinajstić information content (AvgIpc) is 3.02. The van der Waals surface area contributed by atoms with E-state index in [-0.39, 0.29) is 5.91 Å². The number of benzene rings is 2. The number of methoxy groups -OCH3 is 1. The average molecular weight is 321 g/mol. The summed E-state index contributed by atoms with van der Waals surface area (Å²) < 4.78 is 5.12. The zero-order valence-electron chi connectivity index (χ0n) is 13.7. The van der Waals surface area contributed by atoms with E-state index in [1.165, 1.54) is 0 Å². The van der Waals surface area contributed by atoms with Gasteiger partial charge in [-0.25, -0.2) is 4.98 Å². The normalized spacial score (nSPS) is 10.4. The van der Waals surface area contributed by atoms with Crippen molar-refractivity contribution in [3.05, 3.63) is 66.1 Å². The lowest BCUT2D eigenvalue weighted by molar-refractivity contribution is -0.115. The first-order chi connectivity index (χ1) is 11.6. The molecule has 1 heterocycles. The zero-order valence-corrected chi connectivity index (χ0v) is 13.7. The lowest BCUT2D eigenvalue weighted by atomic mass is 10.1. The van der Waals surface area contributed by atoms with Crippen LogP contribution in [0, 0.1) is 6.92 Å². The largest absolute Gasteiger partial charge is 0.497 e. The first kappa shape index (κ1) is 15.8. The van der Waals surface area contributed by atoms with Crippen LogP contribution in [0.3, 0.4) is 0 Å². The zero-order chi connectivity index (χ0) is 16.9. The molecule has 2 N–H and O–H groups in total. The molecule has 0 spiro atoms. The molecule has 0 aliphatic carbocycles. The number of hydrogen-bond donors (Lipinski definition) is 2. The van der Waals surface area contributed by atoms with Gasteiger partial charge >= 0.3 is 0 Å². The van der Waals surface area contributed by atoms with Crippen LogP contribution in [0.1, 0.15) is 11.4 Å². The highest BCUT2D eigenvalue weighted by atomic mass is 16.5. The number of rotatable bonds is 5. The van der Waals surface area contributed by atoms with Crippen molar-refractivity contribution in [2.45, 2.75) is 13.3 Å². The Morgan fingerprint density at radius 1 is 1.21 bits per heavy atom. The number of aromatic nitrogens is 2. The van der Waals surface area contributed by atoms with Crippen molar-refractivity contribution in [2.24, 2.45) is 0 Å². The number of aromatic amines is 1. The van der Waals surface area contributed by atoms with Gasteiger partial charge in [0.25, 0.3) is 0 Å². The molecule has 0 atom stereocenters. The van der Waals surface area contributed by atoms with Crippen LogP contribution in [0.5, 0.6) is 5.75 Å². The number of ether oxygens (including phenoxy) is 1. The third-order valence-electron chi connectivity index (χ3n) is 3.68. The Morgan fingerprint density at radius 3 is 2.67 bits per heavy atom. The Morgan fingerprint density at radius 2 is 2.00 bits per heavy atom. The van der Waals surface area contributed by atoms with Crippen LogP contribution in [-0.4, -0.2) is 23.0 Å². The maximum Gasteiger partial charge on any atom is 0.228 e. The molecule has 0 unspecified atom stereocenters. The number of carbonyl (C=O) groups excluding carboxylic acids is 1. The Labute approximate surface area is 140 Å². The molecule has 0 aliphatic rings. The van der Waals surface area contributed by atoms with Crippen LogP contribution in [0.2, 0.25) is 0 Å². The van der Waals surface area contributed by atoms with E-state index in [9.17, 15) is 4.79 Å². The van der Waals surface area contributed by atoms with Crippen molar-refractivity contribution in [2.75, 3.05) is 12.4 Å². The minimum absolute atomic E-state index is 0.0573. The molecule has 0 fully saturated rings. The predicted molar refractivity (Wildman–Crippen MR) is 94.1 cm³/mol. The van der Waals surface area contributed by atoms with Gasteiger partial charge in [-0.05, 0) is 36.8 Å². The highest BCUT2D eigenvalue weighted by Gasteiger charge is 2.07. The monoisotopic (exact) mass is 321 g/mol. The molecule has 0 bridgehead atoms. The van der Waals surface area contributed by atoms with E-state index in [0.717, 1.165) is 34.1 Å². The van der Waals surface area contributed by atoms with Crippen molar-refractivity contribution in [1.29, 1.82) is 0 Å². The van der Waals surface area contributed by atoms with E-state index in [1.54, 1.807) is 13.3 Å². The van der Waals surface area contributed by atoms with Gasteiger partial charge < -0.3 is 15.0 Å². The molecule has 0 aliphatic heterocycles. The fourth-order valence-corrected chi connectivity index (χ4v) is 2.47. The first-order valence-electron chi connectivity index (χ1n) is 7.69. The van der Waals surface area contributed by atoms with Crippen LogP contribution >= 0.6 is 0 Å². The van der Waals surface area contributed by atoms with Gasteiger partial charge in [-0.15, -0.1) is 0 Å². The maximum absolute atomic E-state index is 12.2. The van der Waals surface area contributed by atoms with Crippen LogP contribution < -0.4 is 10.1 Å². The van der Waals surface area contributed by atoms with Gasteiger partial charge in [-0.3, -0.25) is 4.79 Å². The third-order valence-corrected chi connectivity index (χ3v) is 3.68. The summed E-state index contributed by atoms with van der Waals surface area (Å²) in [6.07, 6.45) is 2.10. The molecule has 0 radical (unpaired) electrons. The van der Waals surface area contributed by atoms with E-state index in [2.05, 4.69) is 15.3 Å². The predicted octanol–water partition coefficient (Wildman–Crippen LogP) is 3.57. The number of nitrogens with zero attached hydrogens (tertiary/aromatic N) is 1. The number of nitrogens with one attached hydrogen (secondary N) is 2. The number of hydrogen-bond acceptors (Lipinski definition) is 3. The molecule has 24 heavy (non-hydrogen) atoms. The van der Waals surface area contributed by atoms with Gasteiger partial charge in [-0.2, -0.15) is 0 Å². The van der Waals surface area contributed by atoms with Gasteiger partial charge in [-0.1, -0.05) is 24.3 Å². The van der Waals surface area contributed by atoms with Gasteiger partial charge in [0.1, 0.15) is 11.6 Å². The Bertz CT molecular complexity index is 838. The lowest BCUT2D eigenvalue weighted by Gasteiger charge is -2.07. The quantitative estimate of drug-likeness (QED) is 0.755. The molecule has 1 amide bonds. The molecule has 5 nitrogen and oxygen atoms in total. The first-order valence-corrected chi connectivity index (χ1v) is 7.69. The lowest BCUT2D eigenvalue weighted by Crippen LogP contribution is -2.14. The summed E-state index contributed by atoms with van der Waals surface area (Å²) in [4.78, 5) is 19.6. The summed E-state index contributed by atoms with van der Waals surface area (Å²) in [6, 6.07) is 15.2. The maximum atomic E-state index is 12.2. The molecular formula is C19H19N3O2. The topological polar surface area (TPSA) is 67.0 Å². The van der Waals surface area contributed by atoms with Crippen molar-refractivity contribution >= 4 is 11.6 Å². The molecule has 3 rings (SSSR count). The summed E-state index contributed by atoms with van der Waals surface area (Å²) in [6.45, 7) is 1.91. The minimum atomic E-state index is -0.0573.